The summed E-state index contributed by atoms with van der Waals surface area (Å²) in [7, 11) is -1.31. The highest BCUT2D eigenvalue weighted by Gasteiger charge is 2.18. The molecule has 118 valence electrons. The van der Waals surface area contributed by atoms with Crippen LogP contribution in [-0.4, -0.2) is 28.1 Å². The first-order valence-corrected chi connectivity index (χ1v) is 8.77. The summed E-state index contributed by atoms with van der Waals surface area (Å²) in [4.78, 5) is 14.4. The molecule has 4 nitrogen and oxygen atoms in total. The number of rotatable bonds is 6. The summed E-state index contributed by atoms with van der Waals surface area (Å²) in [6.07, 6.45) is 0. The van der Waals surface area contributed by atoms with Gasteiger partial charge in [0.2, 0.25) is 0 Å². The van der Waals surface area contributed by atoms with Gasteiger partial charge in [-0.25, -0.2) is 0 Å². The van der Waals surface area contributed by atoms with Gasteiger partial charge in [-0.1, -0.05) is 23.7 Å². The fourth-order valence-electron chi connectivity index (χ4n) is 2.07. The van der Waals surface area contributed by atoms with Crippen LogP contribution in [0.4, 0.5) is 0 Å². The van der Waals surface area contributed by atoms with Gasteiger partial charge in [-0.2, -0.15) is 0 Å². The van der Waals surface area contributed by atoms with Gasteiger partial charge in [0.25, 0.3) is 5.91 Å². The molecule has 1 heterocycles. The Morgan fingerprint density at radius 1 is 1.18 bits per heavy atom. The highest BCUT2D eigenvalue weighted by Crippen LogP contribution is 2.22. The number of benzene rings is 1. The number of nitrogens with zero attached hydrogens (tertiary/aromatic N) is 1. The smallest absolute Gasteiger partial charge is 0.289 e. The lowest BCUT2D eigenvalue weighted by Crippen LogP contribution is -2.30. The van der Waals surface area contributed by atoms with Crippen molar-refractivity contribution in [2.75, 3.05) is 13.1 Å². The van der Waals surface area contributed by atoms with Crippen LogP contribution in [0.2, 0.25) is 5.02 Å². The van der Waals surface area contributed by atoms with Crippen LogP contribution in [0.15, 0.2) is 45.7 Å². The van der Waals surface area contributed by atoms with Gasteiger partial charge >= 0.3 is 0 Å². The third kappa shape index (κ3) is 3.78. The lowest BCUT2D eigenvalue weighted by Gasteiger charge is -2.16. The van der Waals surface area contributed by atoms with E-state index in [0.717, 1.165) is 0 Å². The van der Waals surface area contributed by atoms with E-state index in [1.807, 2.05) is 13.8 Å². The summed E-state index contributed by atoms with van der Waals surface area (Å²) in [5.41, 5.74) is 0. The standard InChI is InChI=1S/C16H18ClNO3S/c1-3-18(4-2)16(19)14-10-9-12(21-14)11-22(20)15-8-6-5-7-13(15)17/h5-10H,3-4,11H2,1-2H3/t22-/m0/s1. The normalized spacial score (nSPS) is 12.1. The first kappa shape index (κ1) is 16.8. The van der Waals surface area contributed by atoms with Crippen molar-refractivity contribution in [3.8, 4) is 0 Å². The van der Waals surface area contributed by atoms with Crippen LogP contribution in [0.3, 0.4) is 0 Å². The van der Waals surface area contributed by atoms with E-state index in [1.165, 1.54) is 0 Å². The maximum absolute atomic E-state index is 12.3. The van der Waals surface area contributed by atoms with Crippen molar-refractivity contribution in [1.82, 2.24) is 4.90 Å². The summed E-state index contributed by atoms with van der Waals surface area (Å²) < 4.78 is 17.9. The average molecular weight is 340 g/mol. The van der Waals surface area contributed by atoms with Gasteiger partial charge in [-0.3, -0.25) is 9.00 Å². The molecule has 0 aliphatic rings. The third-order valence-corrected chi connectivity index (χ3v) is 5.11. The van der Waals surface area contributed by atoms with Crippen molar-refractivity contribution in [3.63, 3.8) is 0 Å². The molecule has 0 N–H and O–H groups in total. The minimum absolute atomic E-state index is 0.153. The second-order valence-electron chi connectivity index (χ2n) is 4.66. The SMILES string of the molecule is CCN(CC)C(=O)c1ccc(C[S@](=O)c2ccccc2Cl)o1. The molecule has 0 bridgehead atoms. The fourth-order valence-corrected chi connectivity index (χ4v) is 3.55. The molecule has 0 spiro atoms. The Kier molecular flexibility index (Phi) is 5.80. The molecule has 2 rings (SSSR count). The molecule has 0 unspecified atom stereocenters. The Labute approximate surface area is 137 Å². The zero-order valence-corrected chi connectivity index (χ0v) is 14.1. The van der Waals surface area contributed by atoms with Crippen molar-refractivity contribution in [1.29, 1.82) is 0 Å². The monoisotopic (exact) mass is 339 g/mol. The lowest BCUT2D eigenvalue weighted by atomic mass is 10.3. The van der Waals surface area contributed by atoms with Gasteiger partial charge in [0.15, 0.2) is 5.76 Å². The minimum Gasteiger partial charge on any atom is -0.455 e. The Bertz CT molecular complexity index is 680. The van der Waals surface area contributed by atoms with Crippen LogP contribution in [-0.2, 0) is 16.6 Å². The topological polar surface area (TPSA) is 50.5 Å². The van der Waals surface area contributed by atoms with Crippen LogP contribution in [0, 0.1) is 0 Å². The molecule has 0 fully saturated rings. The number of furan rings is 1. The van der Waals surface area contributed by atoms with E-state index >= 15 is 0 Å². The minimum atomic E-state index is -1.31. The second-order valence-corrected chi connectivity index (χ2v) is 6.49. The largest absolute Gasteiger partial charge is 0.455 e. The van der Waals surface area contributed by atoms with Crippen molar-refractivity contribution in [3.05, 3.63) is 52.9 Å². The Morgan fingerprint density at radius 3 is 2.50 bits per heavy atom. The van der Waals surface area contributed by atoms with Gasteiger partial charge < -0.3 is 9.32 Å². The number of hydrogen-bond acceptors (Lipinski definition) is 3. The van der Waals surface area contributed by atoms with Gasteiger partial charge in [-0.15, -0.1) is 0 Å². The second kappa shape index (κ2) is 7.61. The molecule has 1 amide bonds. The van der Waals surface area contributed by atoms with E-state index in [9.17, 15) is 9.00 Å². The molecule has 0 saturated heterocycles. The van der Waals surface area contributed by atoms with E-state index in [1.54, 1.807) is 41.3 Å². The van der Waals surface area contributed by atoms with Gasteiger partial charge in [-0.05, 0) is 38.1 Å². The highest BCUT2D eigenvalue weighted by molar-refractivity contribution is 7.84. The van der Waals surface area contributed by atoms with Gasteiger partial charge in [0.1, 0.15) is 5.76 Å². The quantitative estimate of drug-likeness (QED) is 0.805. The first-order valence-electron chi connectivity index (χ1n) is 7.07. The van der Waals surface area contributed by atoms with Crippen molar-refractivity contribution >= 4 is 28.3 Å². The van der Waals surface area contributed by atoms with Crippen LogP contribution in [0.5, 0.6) is 0 Å². The van der Waals surface area contributed by atoms with Crippen LogP contribution >= 0.6 is 11.6 Å². The van der Waals surface area contributed by atoms with Crippen molar-refractivity contribution in [2.24, 2.45) is 0 Å². The highest BCUT2D eigenvalue weighted by atomic mass is 35.5. The molecule has 0 saturated carbocycles. The van der Waals surface area contributed by atoms with E-state index in [0.29, 0.717) is 28.8 Å². The summed E-state index contributed by atoms with van der Waals surface area (Å²) >= 11 is 6.04. The number of carbonyl (C=O) groups is 1. The Morgan fingerprint density at radius 2 is 1.86 bits per heavy atom. The summed E-state index contributed by atoms with van der Waals surface area (Å²) in [6.45, 7) is 5.07. The number of halogens is 1. The summed E-state index contributed by atoms with van der Waals surface area (Å²) in [5, 5.41) is 0.465. The van der Waals surface area contributed by atoms with E-state index < -0.39 is 10.8 Å². The molecular weight excluding hydrogens is 322 g/mol. The summed E-state index contributed by atoms with van der Waals surface area (Å²) in [5.74, 6) is 0.818. The van der Waals surface area contributed by atoms with Crippen molar-refractivity contribution < 1.29 is 13.4 Å². The maximum Gasteiger partial charge on any atom is 0.289 e. The third-order valence-electron chi connectivity index (χ3n) is 3.28. The lowest BCUT2D eigenvalue weighted by molar-refractivity contribution is 0.0739. The molecule has 1 aromatic carbocycles. The Hall–Kier alpha value is -1.59. The zero-order valence-electron chi connectivity index (χ0n) is 12.5. The maximum atomic E-state index is 12.3. The number of carbonyl (C=O) groups excluding carboxylic acids is 1. The molecule has 6 heteroatoms. The molecule has 2 aromatic rings. The van der Waals surface area contributed by atoms with Crippen LogP contribution in [0.25, 0.3) is 0 Å². The fraction of sp³-hybridized carbons (Fsp3) is 0.312. The first-order chi connectivity index (χ1) is 10.6. The molecule has 0 aliphatic carbocycles. The number of hydrogen-bond donors (Lipinski definition) is 0. The molecule has 22 heavy (non-hydrogen) atoms. The summed E-state index contributed by atoms with van der Waals surface area (Å²) in [6, 6.07) is 10.3. The molecule has 1 atom stereocenters. The van der Waals surface area contributed by atoms with E-state index in [4.69, 9.17) is 16.0 Å². The average Bonchev–Trinajstić information content (AvgIpc) is 2.97. The van der Waals surface area contributed by atoms with Crippen LogP contribution in [0.1, 0.15) is 30.2 Å². The molecule has 1 aromatic heterocycles. The van der Waals surface area contributed by atoms with E-state index in [2.05, 4.69) is 0 Å². The van der Waals surface area contributed by atoms with Gasteiger partial charge in [0, 0.05) is 13.1 Å². The molecule has 0 radical (unpaired) electrons. The molecular formula is C16H18ClNO3S. The van der Waals surface area contributed by atoms with Gasteiger partial charge in [0.05, 0.1) is 26.5 Å². The number of amides is 1. The predicted octanol–water partition coefficient (Wildman–Crippen LogP) is 3.72. The predicted molar refractivity (Wildman–Crippen MR) is 87.5 cm³/mol. The zero-order chi connectivity index (χ0) is 16.1. The van der Waals surface area contributed by atoms with Crippen molar-refractivity contribution in [2.45, 2.75) is 24.5 Å². The Balaban J connectivity index is 2.11. The van der Waals surface area contributed by atoms with Crippen LogP contribution < -0.4 is 0 Å². The molecule has 0 aliphatic heterocycles. The van der Waals surface area contributed by atoms with E-state index in [-0.39, 0.29) is 17.4 Å².